The zero-order valence-electron chi connectivity index (χ0n) is 29.9. The van der Waals surface area contributed by atoms with Crippen LogP contribution in [0.4, 0.5) is 0 Å². The Kier molecular flexibility index (Phi) is 34.8. The van der Waals surface area contributed by atoms with E-state index in [4.69, 9.17) is 9.47 Å². The van der Waals surface area contributed by atoms with E-state index >= 15 is 0 Å². The van der Waals surface area contributed by atoms with Crippen LogP contribution in [0.5, 0.6) is 0 Å². The second-order valence-electron chi connectivity index (χ2n) is 11.6. The lowest BCUT2D eigenvalue weighted by atomic mass is 10.1. The van der Waals surface area contributed by atoms with Gasteiger partial charge in [-0.1, -0.05) is 200 Å². The molecule has 0 bridgehead atoms. The molecule has 0 aromatic carbocycles. The molecule has 0 aromatic rings. The van der Waals surface area contributed by atoms with Crippen LogP contribution in [0.15, 0.2) is 122 Å². The van der Waals surface area contributed by atoms with Crippen molar-refractivity contribution >= 4 is 11.9 Å². The number of hydrogen-bond donors (Lipinski definition) is 1. The summed E-state index contributed by atoms with van der Waals surface area (Å²) in [6, 6.07) is 0. The molecule has 5 heteroatoms. The predicted molar refractivity (Wildman–Crippen MR) is 205 cm³/mol. The first-order valence-electron chi connectivity index (χ1n) is 18.3. The Labute approximate surface area is 293 Å². The van der Waals surface area contributed by atoms with E-state index in [1.54, 1.807) is 36.5 Å². The zero-order chi connectivity index (χ0) is 35.0. The van der Waals surface area contributed by atoms with E-state index in [0.29, 0.717) is 0 Å². The average molecular weight is 661 g/mol. The van der Waals surface area contributed by atoms with Crippen LogP contribution in [0, 0.1) is 0 Å². The van der Waals surface area contributed by atoms with Crippen molar-refractivity contribution in [2.75, 3.05) is 13.2 Å². The third-order valence-corrected chi connectivity index (χ3v) is 7.14. The highest BCUT2D eigenvalue weighted by atomic mass is 16.6. The van der Waals surface area contributed by atoms with Gasteiger partial charge in [0.1, 0.15) is 6.61 Å². The van der Waals surface area contributed by atoms with Crippen molar-refractivity contribution in [3.63, 3.8) is 0 Å². The smallest absolute Gasteiger partial charge is 0.331 e. The lowest BCUT2D eigenvalue weighted by Crippen LogP contribution is -2.27. The number of aliphatic hydroxyl groups excluding tert-OH is 1. The Hall–Kier alpha value is -3.70. The van der Waals surface area contributed by atoms with Gasteiger partial charge in [0, 0.05) is 12.2 Å². The molecule has 0 rings (SSSR count). The maximum Gasteiger partial charge on any atom is 0.331 e. The quantitative estimate of drug-likeness (QED) is 0.0359. The molecule has 266 valence electrons. The van der Waals surface area contributed by atoms with Crippen LogP contribution < -0.4 is 0 Å². The van der Waals surface area contributed by atoms with Gasteiger partial charge in [-0.3, -0.25) is 0 Å². The molecule has 0 radical (unpaired) electrons. The van der Waals surface area contributed by atoms with Crippen molar-refractivity contribution in [3.05, 3.63) is 122 Å². The van der Waals surface area contributed by atoms with Crippen molar-refractivity contribution in [2.24, 2.45) is 0 Å². The molecule has 1 atom stereocenters. The van der Waals surface area contributed by atoms with Crippen LogP contribution in [-0.4, -0.2) is 36.4 Å². The van der Waals surface area contributed by atoms with Crippen molar-refractivity contribution in [1.82, 2.24) is 0 Å². The van der Waals surface area contributed by atoms with E-state index in [9.17, 15) is 14.7 Å². The SMILES string of the molecule is CCCCCCCCC/C=C/C=C/C=C/C=C/C=C/C(=O)OCC(CO)OC(=O)/C=C/C=C/C=C/C=C/C=C/CCCCCCCCC. The molecule has 0 amide bonds. The standard InChI is InChI=1S/C43H64O5/c1-3-5-7-9-11-13-15-17-19-21-23-25-27-29-31-33-35-37-42(45)47-40-41(39-44)48-43(46)38-36-34-32-30-28-26-24-22-20-18-16-14-12-10-8-6-4-2/h19-38,41,44H,3-18,39-40H2,1-2H3/b21-19+,22-20+,25-23+,26-24+,29-27+,30-28+,33-31+,34-32+,37-35+,38-36+. The van der Waals surface area contributed by atoms with E-state index in [1.807, 2.05) is 48.6 Å². The predicted octanol–water partition coefficient (Wildman–Crippen LogP) is 11.3. The molecule has 1 N–H and O–H groups in total. The lowest BCUT2D eigenvalue weighted by Gasteiger charge is -2.13. The number of esters is 2. The minimum absolute atomic E-state index is 0.238. The fourth-order valence-corrected chi connectivity index (χ4v) is 4.38. The van der Waals surface area contributed by atoms with Gasteiger partial charge < -0.3 is 14.6 Å². The molecule has 0 fully saturated rings. The van der Waals surface area contributed by atoms with E-state index < -0.39 is 24.6 Å². The van der Waals surface area contributed by atoms with Crippen LogP contribution in [0.2, 0.25) is 0 Å². The first-order chi connectivity index (χ1) is 23.6. The molecular weight excluding hydrogens is 596 g/mol. The van der Waals surface area contributed by atoms with Gasteiger partial charge in [-0.05, 0) is 25.7 Å². The number of unbranched alkanes of at least 4 members (excludes halogenated alkanes) is 14. The van der Waals surface area contributed by atoms with Gasteiger partial charge in [0.2, 0.25) is 0 Å². The molecule has 0 aliphatic carbocycles. The summed E-state index contributed by atoms with van der Waals surface area (Å²) >= 11 is 0. The molecule has 0 aliphatic heterocycles. The molecule has 48 heavy (non-hydrogen) atoms. The molecule has 0 saturated heterocycles. The fourth-order valence-electron chi connectivity index (χ4n) is 4.38. The Balaban J connectivity index is 4.06. The van der Waals surface area contributed by atoms with Gasteiger partial charge in [-0.15, -0.1) is 0 Å². The van der Waals surface area contributed by atoms with Gasteiger partial charge >= 0.3 is 11.9 Å². The highest BCUT2D eigenvalue weighted by molar-refractivity contribution is 5.83. The maximum absolute atomic E-state index is 12.0. The van der Waals surface area contributed by atoms with Crippen LogP contribution in [0.1, 0.15) is 117 Å². The van der Waals surface area contributed by atoms with Crippen molar-refractivity contribution in [3.8, 4) is 0 Å². The first-order valence-corrected chi connectivity index (χ1v) is 18.3. The van der Waals surface area contributed by atoms with E-state index in [1.165, 1.54) is 102 Å². The van der Waals surface area contributed by atoms with E-state index in [0.717, 1.165) is 12.8 Å². The Morgan fingerprint density at radius 3 is 1.25 bits per heavy atom. The lowest BCUT2D eigenvalue weighted by molar-refractivity contribution is -0.154. The molecule has 5 nitrogen and oxygen atoms in total. The largest absolute Gasteiger partial charge is 0.458 e. The Morgan fingerprint density at radius 1 is 0.479 bits per heavy atom. The highest BCUT2D eigenvalue weighted by Gasteiger charge is 2.13. The highest BCUT2D eigenvalue weighted by Crippen LogP contribution is 2.09. The molecule has 0 aromatic heterocycles. The maximum atomic E-state index is 12.0. The topological polar surface area (TPSA) is 72.8 Å². The molecule has 0 saturated carbocycles. The third-order valence-electron chi connectivity index (χ3n) is 7.14. The van der Waals surface area contributed by atoms with Crippen molar-refractivity contribution in [2.45, 2.75) is 123 Å². The summed E-state index contributed by atoms with van der Waals surface area (Å²) in [5.41, 5.74) is 0. The Bertz CT molecular complexity index is 1060. The number of hydrogen-bond acceptors (Lipinski definition) is 5. The number of carbonyl (C=O) groups is 2. The monoisotopic (exact) mass is 660 g/mol. The number of ether oxygens (including phenoxy) is 2. The van der Waals surface area contributed by atoms with Crippen molar-refractivity contribution < 1.29 is 24.2 Å². The molecule has 1 unspecified atom stereocenters. The minimum atomic E-state index is -0.942. The molecule has 0 aliphatic rings. The summed E-state index contributed by atoms with van der Waals surface area (Å²) in [6.07, 6.45) is 56.5. The van der Waals surface area contributed by atoms with Gasteiger partial charge in [-0.25, -0.2) is 9.59 Å². The first kappa shape index (κ1) is 44.3. The Morgan fingerprint density at radius 2 is 0.833 bits per heavy atom. The molecule has 0 heterocycles. The van der Waals surface area contributed by atoms with Crippen molar-refractivity contribution in [1.29, 1.82) is 0 Å². The number of aliphatic hydroxyl groups is 1. The summed E-state index contributed by atoms with van der Waals surface area (Å²) in [7, 11) is 0. The number of allylic oxidation sites excluding steroid dienone is 18. The van der Waals surface area contributed by atoms with E-state index in [-0.39, 0.29) is 6.61 Å². The second-order valence-corrected chi connectivity index (χ2v) is 11.6. The molecule has 0 spiro atoms. The number of carbonyl (C=O) groups excluding carboxylic acids is 2. The summed E-state index contributed by atoms with van der Waals surface area (Å²) in [5.74, 6) is -1.22. The number of rotatable bonds is 30. The average Bonchev–Trinajstić information content (AvgIpc) is 3.09. The fraction of sp³-hybridized carbons (Fsp3) is 0.488. The third kappa shape index (κ3) is 35.2. The molecular formula is C43H64O5. The van der Waals surface area contributed by atoms with Crippen LogP contribution in [0.3, 0.4) is 0 Å². The van der Waals surface area contributed by atoms with Gasteiger partial charge in [0.25, 0.3) is 0 Å². The summed E-state index contributed by atoms with van der Waals surface area (Å²) in [6.45, 7) is 3.80. The van der Waals surface area contributed by atoms with Crippen LogP contribution in [0.25, 0.3) is 0 Å². The van der Waals surface area contributed by atoms with Gasteiger partial charge in [-0.2, -0.15) is 0 Å². The summed E-state index contributed by atoms with van der Waals surface area (Å²) in [4.78, 5) is 23.9. The normalized spacial score (nSPS) is 13.6. The van der Waals surface area contributed by atoms with E-state index in [2.05, 4.69) is 38.2 Å². The van der Waals surface area contributed by atoms with Gasteiger partial charge in [0.05, 0.1) is 6.61 Å². The van der Waals surface area contributed by atoms with Crippen LogP contribution >= 0.6 is 0 Å². The van der Waals surface area contributed by atoms with Crippen LogP contribution in [-0.2, 0) is 19.1 Å². The zero-order valence-corrected chi connectivity index (χ0v) is 29.9. The minimum Gasteiger partial charge on any atom is -0.458 e. The second kappa shape index (κ2) is 37.8. The summed E-state index contributed by atoms with van der Waals surface area (Å²) in [5, 5.41) is 9.47. The van der Waals surface area contributed by atoms with Gasteiger partial charge in [0.15, 0.2) is 6.10 Å². The summed E-state index contributed by atoms with van der Waals surface area (Å²) < 4.78 is 10.2.